The average Bonchev–Trinajstić information content (AvgIpc) is 2.92. The smallest absolute Gasteiger partial charge is 0.260 e. The van der Waals surface area contributed by atoms with Gasteiger partial charge in [-0.15, -0.1) is 0 Å². The Kier molecular flexibility index (Phi) is 3.93. The lowest BCUT2D eigenvalue weighted by atomic mass is 10.1. The van der Waals surface area contributed by atoms with Crippen molar-refractivity contribution < 1.29 is 8.42 Å². The van der Waals surface area contributed by atoms with Crippen LogP contribution in [0.3, 0.4) is 0 Å². The van der Waals surface area contributed by atoms with Crippen LogP contribution in [0.15, 0.2) is 41.6 Å². The van der Waals surface area contributed by atoms with Gasteiger partial charge in [0.1, 0.15) is 0 Å². The molecule has 5 nitrogen and oxygen atoms in total. The molecule has 1 aromatic heterocycles. The van der Waals surface area contributed by atoms with Crippen molar-refractivity contribution >= 4 is 21.6 Å². The second-order valence-electron chi connectivity index (χ2n) is 4.17. The number of aromatic amines is 1. The SMILES string of the molecule is CC(c1ccc(Cl)cc1)N(C)S(=O)(=O)c1ccn[nH]1. The first kappa shape index (κ1) is 14.0. The van der Waals surface area contributed by atoms with E-state index in [4.69, 9.17) is 11.6 Å². The Bertz CT molecular complexity index is 638. The number of nitrogens with one attached hydrogen (secondary N) is 1. The maximum Gasteiger partial charge on any atom is 0.260 e. The highest BCUT2D eigenvalue weighted by molar-refractivity contribution is 7.89. The molecule has 0 aliphatic carbocycles. The maximum absolute atomic E-state index is 12.3. The number of hydrogen-bond acceptors (Lipinski definition) is 3. The molecule has 0 aliphatic heterocycles. The molecule has 7 heteroatoms. The topological polar surface area (TPSA) is 66.1 Å². The van der Waals surface area contributed by atoms with Gasteiger partial charge in [0, 0.05) is 18.1 Å². The molecule has 0 fully saturated rings. The van der Waals surface area contributed by atoms with Crippen LogP contribution in [-0.4, -0.2) is 30.0 Å². The molecular weight excluding hydrogens is 286 g/mol. The fraction of sp³-hybridized carbons (Fsp3) is 0.250. The van der Waals surface area contributed by atoms with E-state index in [-0.39, 0.29) is 11.1 Å². The third-order valence-electron chi connectivity index (χ3n) is 3.03. The summed E-state index contributed by atoms with van der Waals surface area (Å²) in [5.74, 6) is 0. The van der Waals surface area contributed by atoms with Gasteiger partial charge in [-0.05, 0) is 30.7 Å². The molecule has 0 amide bonds. The second-order valence-corrected chi connectivity index (χ2v) is 6.57. The number of H-pyrrole nitrogens is 1. The number of rotatable bonds is 4. The summed E-state index contributed by atoms with van der Waals surface area (Å²) < 4.78 is 25.9. The number of aromatic nitrogens is 2. The molecule has 1 atom stereocenters. The van der Waals surface area contributed by atoms with E-state index in [1.165, 1.54) is 23.6 Å². The van der Waals surface area contributed by atoms with Crippen molar-refractivity contribution in [1.29, 1.82) is 0 Å². The molecule has 1 heterocycles. The first-order chi connectivity index (χ1) is 8.93. The van der Waals surface area contributed by atoms with Crippen LogP contribution in [0.25, 0.3) is 0 Å². The predicted octanol–water partition coefficient (Wildman–Crippen LogP) is 2.44. The van der Waals surface area contributed by atoms with Gasteiger partial charge in [0.15, 0.2) is 5.03 Å². The summed E-state index contributed by atoms with van der Waals surface area (Å²) in [6.45, 7) is 1.82. The van der Waals surface area contributed by atoms with Gasteiger partial charge in [-0.3, -0.25) is 5.10 Å². The Labute approximate surface area is 117 Å². The van der Waals surface area contributed by atoms with Crippen LogP contribution in [0.2, 0.25) is 5.02 Å². The van der Waals surface area contributed by atoms with E-state index in [9.17, 15) is 8.42 Å². The molecule has 1 aromatic carbocycles. The second kappa shape index (κ2) is 5.32. The number of halogens is 1. The fourth-order valence-corrected chi connectivity index (χ4v) is 3.08. The standard InChI is InChI=1S/C12H14ClN3O2S/c1-9(10-3-5-11(13)6-4-10)16(2)19(17,18)12-7-8-14-15-12/h3-9H,1-2H3,(H,14,15). The first-order valence-electron chi connectivity index (χ1n) is 5.66. The molecule has 0 saturated heterocycles. The molecule has 2 aromatic rings. The Morgan fingerprint density at radius 1 is 1.26 bits per heavy atom. The van der Waals surface area contributed by atoms with Crippen molar-refractivity contribution in [3.8, 4) is 0 Å². The van der Waals surface area contributed by atoms with Crippen LogP contribution in [0.4, 0.5) is 0 Å². The summed E-state index contributed by atoms with van der Waals surface area (Å²) in [5, 5.41) is 6.84. The van der Waals surface area contributed by atoms with Gasteiger partial charge in [0.05, 0.1) is 6.20 Å². The van der Waals surface area contributed by atoms with Gasteiger partial charge in [0.2, 0.25) is 0 Å². The van der Waals surface area contributed by atoms with Gasteiger partial charge < -0.3 is 0 Å². The van der Waals surface area contributed by atoms with E-state index in [0.717, 1.165) is 5.56 Å². The quantitative estimate of drug-likeness (QED) is 0.943. The van der Waals surface area contributed by atoms with Crippen molar-refractivity contribution in [3.05, 3.63) is 47.1 Å². The molecule has 0 bridgehead atoms. The molecule has 19 heavy (non-hydrogen) atoms. The Hall–Kier alpha value is -1.37. The molecule has 2 rings (SSSR count). The Morgan fingerprint density at radius 2 is 1.89 bits per heavy atom. The van der Waals surface area contributed by atoms with E-state index in [2.05, 4.69) is 10.2 Å². The van der Waals surface area contributed by atoms with Gasteiger partial charge in [-0.2, -0.15) is 9.40 Å². The zero-order chi connectivity index (χ0) is 14.0. The molecule has 0 aliphatic rings. The fourth-order valence-electron chi connectivity index (χ4n) is 1.70. The summed E-state index contributed by atoms with van der Waals surface area (Å²) in [6, 6.07) is 8.23. The van der Waals surface area contributed by atoms with Crippen LogP contribution in [0, 0.1) is 0 Å². The molecule has 1 N–H and O–H groups in total. The van der Waals surface area contributed by atoms with E-state index in [1.54, 1.807) is 12.1 Å². The molecule has 0 saturated carbocycles. The van der Waals surface area contributed by atoms with Crippen molar-refractivity contribution in [1.82, 2.24) is 14.5 Å². The minimum atomic E-state index is -3.57. The van der Waals surface area contributed by atoms with Crippen LogP contribution in [-0.2, 0) is 10.0 Å². The van der Waals surface area contributed by atoms with Gasteiger partial charge >= 0.3 is 0 Å². The largest absolute Gasteiger partial charge is 0.266 e. The van der Waals surface area contributed by atoms with Crippen molar-refractivity contribution in [2.24, 2.45) is 0 Å². The highest BCUT2D eigenvalue weighted by Crippen LogP contribution is 2.25. The highest BCUT2D eigenvalue weighted by atomic mass is 35.5. The van der Waals surface area contributed by atoms with E-state index < -0.39 is 10.0 Å². The summed E-state index contributed by atoms with van der Waals surface area (Å²) in [7, 11) is -2.03. The number of hydrogen-bond donors (Lipinski definition) is 1. The lowest BCUT2D eigenvalue weighted by molar-refractivity contribution is 0.396. The van der Waals surface area contributed by atoms with Gasteiger partial charge in [0.25, 0.3) is 10.0 Å². The minimum absolute atomic E-state index is 0.0795. The number of benzene rings is 1. The number of nitrogens with zero attached hydrogens (tertiary/aromatic N) is 2. The highest BCUT2D eigenvalue weighted by Gasteiger charge is 2.27. The summed E-state index contributed by atoms with van der Waals surface area (Å²) in [4.78, 5) is 0. The molecular formula is C12H14ClN3O2S. The van der Waals surface area contributed by atoms with Crippen molar-refractivity contribution in [3.63, 3.8) is 0 Å². The van der Waals surface area contributed by atoms with Crippen LogP contribution < -0.4 is 0 Å². The maximum atomic E-state index is 12.3. The van der Waals surface area contributed by atoms with Crippen LogP contribution in [0.1, 0.15) is 18.5 Å². The third kappa shape index (κ3) is 2.80. The van der Waals surface area contributed by atoms with Crippen LogP contribution >= 0.6 is 11.6 Å². The summed E-state index contributed by atoms with van der Waals surface area (Å²) in [6.07, 6.45) is 1.41. The van der Waals surface area contributed by atoms with E-state index in [0.29, 0.717) is 5.02 Å². The van der Waals surface area contributed by atoms with E-state index >= 15 is 0 Å². The van der Waals surface area contributed by atoms with Crippen molar-refractivity contribution in [2.75, 3.05) is 7.05 Å². The van der Waals surface area contributed by atoms with Gasteiger partial charge in [-0.1, -0.05) is 23.7 Å². The lowest BCUT2D eigenvalue weighted by Gasteiger charge is -2.23. The normalized spacial score (nSPS) is 13.7. The van der Waals surface area contributed by atoms with E-state index in [1.807, 2.05) is 19.1 Å². The molecule has 0 radical (unpaired) electrons. The third-order valence-corrected chi connectivity index (χ3v) is 5.14. The average molecular weight is 300 g/mol. The first-order valence-corrected chi connectivity index (χ1v) is 7.47. The van der Waals surface area contributed by atoms with Crippen molar-refractivity contribution in [2.45, 2.75) is 18.0 Å². The monoisotopic (exact) mass is 299 g/mol. The summed E-state index contributed by atoms with van der Waals surface area (Å²) in [5.41, 5.74) is 0.870. The number of sulfonamides is 1. The summed E-state index contributed by atoms with van der Waals surface area (Å²) >= 11 is 5.82. The zero-order valence-electron chi connectivity index (χ0n) is 10.5. The molecule has 1 unspecified atom stereocenters. The van der Waals surface area contributed by atoms with Crippen LogP contribution in [0.5, 0.6) is 0 Å². The van der Waals surface area contributed by atoms with Gasteiger partial charge in [-0.25, -0.2) is 8.42 Å². The Morgan fingerprint density at radius 3 is 2.42 bits per heavy atom. The predicted molar refractivity (Wildman–Crippen MR) is 73.4 cm³/mol. The minimum Gasteiger partial charge on any atom is -0.266 e. The lowest BCUT2D eigenvalue weighted by Crippen LogP contribution is -2.30. The Balaban J connectivity index is 2.29. The zero-order valence-corrected chi connectivity index (χ0v) is 12.1. The molecule has 102 valence electrons. The molecule has 0 spiro atoms.